The number of hydrogen-bond acceptors (Lipinski definition) is 4. The van der Waals surface area contributed by atoms with Crippen LogP contribution in [0.3, 0.4) is 0 Å². The minimum Gasteiger partial charge on any atom is -0.489 e. The Kier molecular flexibility index (Phi) is 5.20. The fraction of sp³-hybridized carbons (Fsp3) is 0.474. The van der Waals surface area contributed by atoms with Crippen molar-refractivity contribution in [1.82, 2.24) is 20.1 Å². The highest BCUT2D eigenvalue weighted by molar-refractivity contribution is 6.42. The summed E-state index contributed by atoms with van der Waals surface area (Å²) in [7, 11) is 0. The zero-order chi connectivity index (χ0) is 18.1. The third-order valence-corrected chi connectivity index (χ3v) is 6.07. The third kappa shape index (κ3) is 3.24. The van der Waals surface area contributed by atoms with Gasteiger partial charge in [0.25, 0.3) is 0 Å². The molecule has 1 aromatic carbocycles. The van der Waals surface area contributed by atoms with Gasteiger partial charge in [0.05, 0.1) is 10.0 Å². The van der Waals surface area contributed by atoms with Crippen LogP contribution in [-0.4, -0.2) is 34.5 Å². The Bertz CT molecular complexity index is 814. The van der Waals surface area contributed by atoms with Crippen molar-refractivity contribution < 1.29 is 4.74 Å². The summed E-state index contributed by atoms with van der Waals surface area (Å²) in [4.78, 5) is 0. The Hall–Kier alpha value is -1.56. The van der Waals surface area contributed by atoms with Gasteiger partial charge in [-0.25, -0.2) is 0 Å². The lowest BCUT2D eigenvalue weighted by Crippen LogP contribution is -2.28. The molecule has 1 fully saturated rings. The molecule has 0 aliphatic carbocycles. The molecule has 0 saturated carbocycles. The maximum absolute atomic E-state index is 6.56. The number of fused-ring (bicyclic) bond motifs is 1. The van der Waals surface area contributed by atoms with Crippen molar-refractivity contribution in [3.8, 4) is 5.75 Å². The lowest BCUT2D eigenvalue weighted by atomic mass is 9.95. The van der Waals surface area contributed by atoms with Crippen molar-refractivity contribution >= 4 is 23.2 Å². The number of benzene rings is 1. The van der Waals surface area contributed by atoms with Crippen LogP contribution in [0.5, 0.6) is 5.75 Å². The third-order valence-electron chi connectivity index (χ3n) is 5.25. The predicted molar refractivity (Wildman–Crippen MR) is 103 cm³/mol. The van der Waals surface area contributed by atoms with Crippen LogP contribution >= 0.6 is 23.2 Å². The Balaban J connectivity index is 1.63. The summed E-state index contributed by atoms with van der Waals surface area (Å²) in [5.74, 6) is 3.56. The lowest BCUT2D eigenvalue weighted by Gasteiger charge is -2.22. The summed E-state index contributed by atoms with van der Waals surface area (Å²) >= 11 is 12.9. The Morgan fingerprint density at radius 2 is 2.04 bits per heavy atom. The van der Waals surface area contributed by atoms with Crippen LogP contribution in [0.2, 0.25) is 10.0 Å². The van der Waals surface area contributed by atoms with Gasteiger partial charge in [-0.3, -0.25) is 0 Å². The number of nitrogens with zero attached hydrogens (tertiary/aromatic N) is 3. The van der Waals surface area contributed by atoms with Gasteiger partial charge in [0.15, 0.2) is 0 Å². The molecule has 7 heteroatoms. The maximum Gasteiger partial charge on any atom is 0.136 e. The summed E-state index contributed by atoms with van der Waals surface area (Å²) in [5.41, 5.74) is 0.961. The van der Waals surface area contributed by atoms with Crippen LogP contribution in [0, 0.1) is 0 Å². The smallest absolute Gasteiger partial charge is 0.136 e. The van der Waals surface area contributed by atoms with E-state index in [4.69, 9.17) is 27.9 Å². The summed E-state index contributed by atoms with van der Waals surface area (Å²) in [5, 5.41) is 13.5. The number of piperidine rings is 1. The number of rotatable bonds is 5. The standard InChI is InChI=1S/C19H22Cl2N4O/c1-2-9-26-15-4-3-14(20)18(21)17(15)13-10-16-23-24-19(25(16)11-13)12-5-7-22-8-6-12/h2-4,12-13,22H,1,5-11H2/t13-/m1/s1. The van der Waals surface area contributed by atoms with E-state index < -0.39 is 0 Å². The number of aromatic nitrogens is 3. The molecule has 2 aromatic rings. The first kappa shape index (κ1) is 17.8. The molecule has 0 bridgehead atoms. The first-order valence-corrected chi connectivity index (χ1v) is 9.79. The summed E-state index contributed by atoms with van der Waals surface area (Å²) in [6.07, 6.45) is 4.73. The van der Waals surface area contributed by atoms with Gasteiger partial charge in [-0.2, -0.15) is 0 Å². The average molecular weight is 393 g/mol. The molecule has 1 atom stereocenters. The second kappa shape index (κ2) is 7.59. The molecule has 0 radical (unpaired) electrons. The molecule has 4 rings (SSSR count). The van der Waals surface area contributed by atoms with E-state index in [0.717, 1.165) is 61.9 Å². The highest BCUT2D eigenvalue weighted by Crippen LogP contribution is 2.43. The van der Waals surface area contributed by atoms with Crippen molar-refractivity contribution in [3.05, 3.63) is 52.0 Å². The zero-order valence-electron chi connectivity index (χ0n) is 14.5. The summed E-state index contributed by atoms with van der Waals surface area (Å²) in [6, 6.07) is 3.67. The van der Waals surface area contributed by atoms with E-state index in [1.54, 1.807) is 12.1 Å². The average Bonchev–Trinajstić information content (AvgIpc) is 3.24. The SMILES string of the molecule is C=CCOc1ccc(Cl)c(Cl)c1[C@@H]1Cc2nnc(C3CCNCC3)n2C1. The van der Waals surface area contributed by atoms with E-state index in [1.807, 2.05) is 6.07 Å². The summed E-state index contributed by atoms with van der Waals surface area (Å²) < 4.78 is 8.11. The molecular formula is C19H22Cl2N4O. The predicted octanol–water partition coefficient (Wildman–Crippen LogP) is 3.96. The molecule has 1 N–H and O–H groups in total. The maximum atomic E-state index is 6.56. The molecule has 0 amide bonds. The molecular weight excluding hydrogens is 371 g/mol. The van der Waals surface area contributed by atoms with E-state index in [-0.39, 0.29) is 5.92 Å². The molecule has 1 aromatic heterocycles. The number of hydrogen-bond donors (Lipinski definition) is 1. The largest absolute Gasteiger partial charge is 0.489 e. The Morgan fingerprint density at radius 1 is 1.23 bits per heavy atom. The van der Waals surface area contributed by atoms with Crippen molar-refractivity contribution in [3.63, 3.8) is 0 Å². The number of nitrogens with one attached hydrogen (secondary N) is 1. The Labute approximate surface area is 163 Å². The Morgan fingerprint density at radius 3 is 2.81 bits per heavy atom. The molecule has 1 saturated heterocycles. The zero-order valence-corrected chi connectivity index (χ0v) is 16.1. The summed E-state index contributed by atoms with van der Waals surface area (Å²) in [6.45, 7) is 7.04. The van der Waals surface area contributed by atoms with Gasteiger partial charge in [-0.05, 0) is 38.1 Å². The molecule has 0 spiro atoms. The van der Waals surface area contributed by atoms with Gasteiger partial charge in [-0.15, -0.1) is 10.2 Å². The van der Waals surface area contributed by atoms with E-state index in [9.17, 15) is 0 Å². The van der Waals surface area contributed by atoms with Crippen LogP contribution in [0.4, 0.5) is 0 Å². The monoisotopic (exact) mass is 392 g/mol. The van der Waals surface area contributed by atoms with Crippen LogP contribution in [0.15, 0.2) is 24.8 Å². The lowest BCUT2D eigenvalue weighted by molar-refractivity contribution is 0.355. The second-order valence-corrected chi connectivity index (χ2v) is 7.67. The van der Waals surface area contributed by atoms with Gasteiger partial charge in [0.1, 0.15) is 24.0 Å². The molecule has 138 valence electrons. The van der Waals surface area contributed by atoms with E-state index >= 15 is 0 Å². The molecule has 2 aliphatic heterocycles. The minimum atomic E-state index is 0.187. The van der Waals surface area contributed by atoms with Crippen molar-refractivity contribution in [2.75, 3.05) is 19.7 Å². The molecule has 5 nitrogen and oxygen atoms in total. The highest BCUT2D eigenvalue weighted by atomic mass is 35.5. The van der Waals surface area contributed by atoms with Gasteiger partial charge < -0.3 is 14.6 Å². The highest BCUT2D eigenvalue weighted by Gasteiger charge is 2.33. The van der Waals surface area contributed by atoms with E-state index in [1.165, 1.54) is 0 Å². The topological polar surface area (TPSA) is 52.0 Å². The van der Waals surface area contributed by atoms with Crippen molar-refractivity contribution in [2.45, 2.75) is 37.6 Å². The van der Waals surface area contributed by atoms with Crippen molar-refractivity contribution in [1.29, 1.82) is 0 Å². The molecule has 2 aliphatic rings. The fourth-order valence-electron chi connectivity index (χ4n) is 3.98. The first-order chi connectivity index (χ1) is 12.7. The van der Waals surface area contributed by atoms with Gasteiger partial charge in [-0.1, -0.05) is 35.9 Å². The molecule has 3 heterocycles. The normalized spacial score (nSPS) is 20.2. The molecule has 26 heavy (non-hydrogen) atoms. The van der Waals surface area contributed by atoms with Gasteiger partial charge in [0, 0.05) is 30.4 Å². The fourth-order valence-corrected chi connectivity index (χ4v) is 4.46. The quantitative estimate of drug-likeness (QED) is 0.782. The number of ether oxygens (including phenoxy) is 1. The van der Waals surface area contributed by atoms with E-state index in [0.29, 0.717) is 22.6 Å². The van der Waals surface area contributed by atoms with Gasteiger partial charge in [0.2, 0.25) is 0 Å². The van der Waals surface area contributed by atoms with Crippen LogP contribution in [0.1, 0.15) is 41.9 Å². The van der Waals surface area contributed by atoms with Crippen LogP contribution in [-0.2, 0) is 13.0 Å². The van der Waals surface area contributed by atoms with Crippen LogP contribution in [0.25, 0.3) is 0 Å². The van der Waals surface area contributed by atoms with Crippen LogP contribution < -0.4 is 10.1 Å². The molecule has 0 unspecified atom stereocenters. The van der Waals surface area contributed by atoms with Gasteiger partial charge >= 0.3 is 0 Å². The minimum absolute atomic E-state index is 0.187. The number of halogens is 2. The second-order valence-electron chi connectivity index (χ2n) is 6.88. The van der Waals surface area contributed by atoms with Crippen molar-refractivity contribution in [2.24, 2.45) is 0 Å². The van der Waals surface area contributed by atoms with E-state index in [2.05, 4.69) is 26.7 Å². The first-order valence-electron chi connectivity index (χ1n) is 9.03.